The summed E-state index contributed by atoms with van der Waals surface area (Å²) in [6, 6.07) is 14.4. The fraction of sp³-hybridized carbons (Fsp3) is 0.579. The Kier molecular flexibility index (Phi) is 16.7. The number of hydrogen-bond donors (Lipinski definition) is 0. The van der Waals surface area contributed by atoms with Crippen molar-refractivity contribution in [3.05, 3.63) is 84.0 Å². The van der Waals surface area contributed by atoms with Crippen molar-refractivity contribution in [2.45, 2.75) is 142 Å². The van der Waals surface area contributed by atoms with E-state index >= 15 is 0 Å². The maximum absolute atomic E-state index is 12.6. The van der Waals surface area contributed by atoms with E-state index in [-0.39, 0.29) is 17.1 Å². The first-order valence-corrected chi connectivity index (χ1v) is 16.6. The van der Waals surface area contributed by atoms with Crippen molar-refractivity contribution < 1.29 is 29.1 Å². The lowest BCUT2D eigenvalue weighted by molar-refractivity contribution is -0.363. The van der Waals surface area contributed by atoms with Gasteiger partial charge in [0.2, 0.25) is 0 Å². The highest BCUT2D eigenvalue weighted by atomic mass is 17.3. The van der Waals surface area contributed by atoms with Crippen LogP contribution in [0.1, 0.15) is 163 Å². The predicted molar refractivity (Wildman–Crippen MR) is 177 cm³/mol. The second kappa shape index (κ2) is 19.6. The molecule has 0 saturated carbocycles. The van der Waals surface area contributed by atoms with E-state index in [4.69, 9.17) is 19.6 Å². The molecule has 2 aromatic rings. The van der Waals surface area contributed by atoms with Crippen molar-refractivity contribution in [3.8, 4) is 0 Å². The van der Waals surface area contributed by atoms with Gasteiger partial charge in [0, 0.05) is 6.42 Å². The molecule has 0 bridgehead atoms. The average Bonchev–Trinajstić information content (AvgIpc) is 2.99. The molecule has 6 nitrogen and oxygen atoms in total. The molecule has 0 aliphatic carbocycles. The minimum absolute atomic E-state index is 0.0310. The molecule has 6 heteroatoms. The third-order valence-electron chi connectivity index (χ3n) is 7.77. The summed E-state index contributed by atoms with van der Waals surface area (Å²) in [4.78, 5) is 46.0. The van der Waals surface area contributed by atoms with Crippen molar-refractivity contribution in [2.24, 2.45) is 0 Å². The van der Waals surface area contributed by atoms with Crippen molar-refractivity contribution >= 4 is 11.9 Å². The molecule has 0 heterocycles. The van der Waals surface area contributed by atoms with Gasteiger partial charge in [0.1, 0.15) is 0 Å². The lowest BCUT2D eigenvalue weighted by Crippen LogP contribution is -2.17. The van der Waals surface area contributed by atoms with E-state index in [2.05, 4.69) is 48.5 Å². The first-order valence-electron chi connectivity index (χ1n) is 16.6. The highest BCUT2D eigenvalue weighted by Crippen LogP contribution is 2.25. The summed E-state index contributed by atoms with van der Waals surface area (Å²) in [6.45, 7) is 16.6. The summed E-state index contributed by atoms with van der Waals surface area (Å²) in [6.07, 6.45) is 15.7. The van der Waals surface area contributed by atoms with Crippen LogP contribution in [0, 0.1) is 13.2 Å². The Morgan fingerprint density at radius 2 is 0.818 bits per heavy atom. The van der Waals surface area contributed by atoms with E-state index in [0.29, 0.717) is 17.5 Å². The zero-order valence-corrected chi connectivity index (χ0v) is 28.2. The largest absolute Gasteiger partial charge is 0.373 e. The van der Waals surface area contributed by atoms with E-state index in [9.17, 15) is 9.59 Å². The molecule has 0 unspecified atom stereocenters. The first-order chi connectivity index (χ1) is 20.9. The summed E-state index contributed by atoms with van der Waals surface area (Å²) in [5.41, 5.74) is 2.85. The Balaban J connectivity index is 1.82. The Labute approximate surface area is 267 Å². The zero-order chi connectivity index (χ0) is 32.4. The van der Waals surface area contributed by atoms with Crippen LogP contribution in [0.15, 0.2) is 48.5 Å². The predicted octanol–water partition coefficient (Wildman–Crippen LogP) is 10.9. The molecule has 2 radical (unpaired) electrons. The van der Waals surface area contributed by atoms with E-state index in [0.717, 1.165) is 36.8 Å². The molecule has 0 saturated heterocycles. The molecule has 2 aromatic carbocycles. The monoisotopic (exact) mass is 608 g/mol. The average molecular weight is 609 g/mol. The fourth-order valence-electron chi connectivity index (χ4n) is 4.79. The van der Waals surface area contributed by atoms with Crippen molar-refractivity contribution in [1.29, 1.82) is 0 Å². The van der Waals surface area contributed by atoms with Crippen LogP contribution in [0.5, 0.6) is 0 Å². The normalized spacial score (nSPS) is 12.0. The zero-order valence-electron chi connectivity index (χ0n) is 28.2. The lowest BCUT2D eigenvalue weighted by Gasteiger charge is -2.19. The first kappa shape index (κ1) is 37.5. The molecule has 2 rings (SSSR count). The van der Waals surface area contributed by atoms with E-state index in [1.165, 1.54) is 57.8 Å². The van der Waals surface area contributed by atoms with Gasteiger partial charge in [-0.05, 0) is 52.6 Å². The van der Waals surface area contributed by atoms with Gasteiger partial charge in [0.25, 0.3) is 0 Å². The van der Waals surface area contributed by atoms with E-state index in [1.54, 1.807) is 24.3 Å². The second-order valence-electron chi connectivity index (χ2n) is 13.8. The summed E-state index contributed by atoms with van der Waals surface area (Å²) in [5.74, 6) is -1.31. The van der Waals surface area contributed by atoms with Crippen LogP contribution in [0.3, 0.4) is 0 Å². The number of carbonyl (C=O) groups is 2. The quantitative estimate of drug-likeness (QED) is 0.0846. The van der Waals surface area contributed by atoms with Gasteiger partial charge in [0.15, 0.2) is 0 Å². The summed E-state index contributed by atoms with van der Waals surface area (Å²) < 4.78 is 0. The maximum atomic E-state index is 12.6. The smallest absolute Gasteiger partial charge is 0.289 e. The van der Waals surface area contributed by atoms with Gasteiger partial charge < -0.3 is 0 Å². The fourth-order valence-corrected chi connectivity index (χ4v) is 4.79. The molecule has 0 N–H and O–H groups in total. The Hall–Kier alpha value is -2.70. The van der Waals surface area contributed by atoms with Gasteiger partial charge in [-0.25, -0.2) is 9.59 Å². The molecule has 0 amide bonds. The van der Waals surface area contributed by atoms with Crippen molar-refractivity contribution in [2.75, 3.05) is 0 Å². The van der Waals surface area contributed by atoms with Gasteiger partial charge in [-0.3, -0.25) is 9.78 Å². The van der Waals surface area contributed by atoms with Gasteiger partial charge >= 0.3 is 18.2 Å². The van der Waals surface area contributed by atoms with Crippen LogP contribution < -0.4 is 0 Å². The summed E-state index contributed by atoms with van der Waals surface area (Å²) in [5, 5.41) is 0. The number of benzene rings is 2. The third kappa shape index (κ3) is 14.9. The highest BCUT2D eigenvalue weighted by Gasteiger charge is 2.23. The van der Waals surface area contributed by atoms with Crippen LogP contribution in [-0.4, -0.2) is 11.9 Å². The van der Waals surface area contributed by atoms with Gasteiger partial charge in [-0.2, -0.15) is 0 Å². The Morgan fingerprint density at radius 1 is 0.500 bits per heavy atom. The third-order valence-corrected chi connectivity index (χ3v) is 7.77. The maximum Gasteiger partial charge on any atom is 0.373 e. The standard InChI is InChI=1S/C38H56O6/c1-8-9-10-11-12-13-14-15-16-17-18-19-20-21-34(41-43-35(39)30-22-26-32(27-23-30)37(2,3)4)42-44-36(40)31-24-28-33(29-25-31)38(5,6)7/h22-29H,1,8-21H2,2-7H3. The van der Waals surface area contributed by atoms with Gasteiger partial charge in [-0.15, -0.1) is 9.78 Å². The Bertz CT molecular complexity index is 1000. The molecule has 0 fully saturated rings. The molecule has 0 aliphatic rings. The summed E-state index contributed by atoms with van der Waals surface area (Å²) in [7, 11) is 0. The summed E-state index contributed by atoms with van der Waals surface area (Å²) >= 11 is 0. The number of unbranched alkanes of at least 4 members (excludes halogenated alkanes) is 12. The Morgan fingerprint density at radius 3 is 1.14 bits per heavy atom. The lowest BCUT2D eigenvalue weighted by atomic mass is 9.87. The van der Waals surface area contributed by atoms with E-state index < -0.39 is 11.9 Å². The van der Waals surface area contributed by atoms with Crippen LogP contribution in [0.2, 0.25) is 0 Å². The number of rotatable bonds is 20. The molecule has 0 aromatic heterocycles. The van der Waals surface area contributed by atoms with Crippen molar-refractivity contribution in [1.82, 2.24) is 0 Å². The molecular formula is C38H56O6. The molecular weight excluding hydrogens is 552 g/mol. The van der Waals surface area contributed by atoms with Crippen LogP contribution in [-0.2, 0) is 30.4 Å². The van der Waals surface area contributed by atoms with Gasteiger partial charge in [0.05, 0.1) is 11.1 Å². The molecule has 44 heavy (non-hydrogen) atoms. The van der Waals surface area contributed by atoms with Crippen LogP contribution in [0.4, 0.5) is 0 Å². The minimum Gasteiger partial charge on any atom is -0.289 e. The molecule has 0 atom stereocenters. The number of carbonyl (C=O) groups excluding carboxylic acids is 2. The molecule has 0 aliphatic heterocycles. The number of hydrogen-bond acceptors (Lipinski definition) is 6. The molecule has 244 valence electrons. The minimum atomic E-state index is -0.655. The topological polar surface area (TPSA) is 71.1 Å². The van der Waals surface area contributed by atoms with Crippen LogP contribution >= 0.6 is 0 Å². The second-order valence-corrected chi connectivity index (χ2v) is 13.8. The van der Waals surface area contributed by atoms with Crippen LogP contribution in [0.25, 0.3) is 0 Å². The molecule has 0 spiro atoms. The SMILES string of the molecule is [CH2]CCCCCCCCCCCCCC[C](OOC(=O)c1ccc(C(C)(C)C)cc1)OOC(=O)c1ccc(C(C)(C)C)cc1. The van der Waals surface area contributed by atoms with E-state index in [1.807, 2.05) is 24.3 Å². The van der Waals surface area contributed by atoms with Gasteiger partial charge in [-0.1, -0.05) is 150 Å². The highest BCUT2D eigenvalue weighted by molar-refractivity contribution is 5.89. The van der Waals surface area contributed by atoms with Crippen molar-refractivity contribution in [3.63, 3.8) is 0 Å².